The second-order valence-electron chi connectivity index (χ2n) is 5.84. The molecule has 4 aromatic heterocycles. The van der Waals surface area contributed by atoms with Gasteiger partial charge in [-0.05, 0) is 24.0 Å². The Morgan fingerprint density at radius 1 is 1.18 bits per heavy atom. The van der Waals surface area contributed by atoms with Crippen LogP contribution >= 0.6 is 11.8 Å². The third-order valence-corrected chi connectivity index (χ3v) is 5.00. The Morgan fingerprint density at radius 3 is 2.68 bits per heavy atom. The quantitative estimate of drug-likeness (QED) is 0.482. The first-order chi connectivity index (χ1) is 13.4. The zero-order valence-electron chi connectivity index (χ0n) is 14.8. The summed E-state index contributed by atoms with van der Waals surface area (Å²) in [5.74, 6) is 1.80. The van der Waals surface area contributed by atoms with Gasteiger partial charge < -0.3 is 4.57 Å². The highest BCUT2D eigenvalue weighted by Gasteiger charge is 2.33. The molecule has 11 heteroatoms. The van der Waals surface area contributed by atoms with Crippen LogP contribution in [-0.2, 0) is 13.2 Å². The monoisotopic (exact) mass is 405 g/mol. The molecule has 7 nitrogen and oxygen atoms in total. The lowest BCUT2D eigenvalue weighted by molar-refractivity contribution is -0.141. The highest BCUT2D eigenvalue weighted by Crippen LogP contribution is 2.34. The van der Waals surface area contributed by atoms with Crippen LogP contribution in [0.4, 0.5) is 13.2 Å². The molecule has 0 saturated carbocycles. The van der Waals surface area contributed by atoms with Gasteiger partial charge in [0.05, 0.1) is 17.2 Å². The SMILES string of the molecule is CCSc1ccc(-n2cncn2)nc1-c1nc2cc(C(F)(F)F)ncc2n1C. The van der Waals surface area contributed by atoms with Crippen LogP contribution in [-0.4, -0.2) is 40.0 Å². The number of fused-ring (bicyclic) bond motifs is 1. The maximum absolute atomic E-state index is 13.0. The van der Waals surface area contributed by atoms with Gasteiger partial charge in [-0.2, -0.15) is 18.3 Å². The number of aryl methyl sites for hydroxylation is 1. The summed E-state index contributed by atoms with van der Waals surface area (Å²) in [4.78, 5) is 17.4. The predicted octanol–water partition coefficient (Wildman–Crippen LogP) is 3.74. The van der Waals surface area contributed by atoms with Crippen molar-refractivity contribution in [3.8, 4) is 17.3 Å². The minimum absolute atomic E-state index is 0.209. The number of hydrogen-bond acceptors (Lipinski definition) is 6. The predicted molar refractivity (Wildman–Crippen MR) is 98.1 cm³/mol. The van der Waals surface area contributed by atoms with Crippen molar-refractivity contribution in [2.75, 3.05) is 5.75 Å². The highest BCUT2D eigenvalue weighted by atomic mass is 32.2. The molecule has 0 fully saturated rings. The number of rotatable bonds is 4. The topological polar surface area (TPSA) is 74.3 Å². The summed E-state index contributed by atoms with van der Waals surface area (Å²) in [5, 5.41) is 4.07. The lowest BCUT2D eigenvalue weighted by Crippen LogP contribution is -2.07. The zero-order chi connectivity index (χ0) is 19.9. The van der Waals surface area contributed by atoms with E-state index in [1.165, 1.54) is 23.5 Å². The number of halogens is 3. The molecule has 0 aliphatic carbocycles. The molecular formula is C17H14F3N7S. The molecule has 0 aliphatic heterocycles. The van der Waals surface area contributed by atoms with E-state index in [0.717, 1.165) is 16.7 Å². The number of thioether (sulfide) groups is 1. The van der Waals surface area contributed by atoms with Gasteiger partial charge in [-0.3, -0.25) is 0 Å². The molecule has 0 saturated heterocycles. The molecule has 0 unspecified atom stereocenters. The Morgan fingerprint density at radius 2 is 2.00 bits per heavy atom. The average molecular weight is 405 g/mol. The van der Waals surface area contributed by atoms with E-state index >= 15 is 0 Å². The van der Waals surface area contributed by atoms with Crippen LogP contribution in [0.3, 0.4) is 0 Å². The first kappa shape index (κ1) is 18.4. The molecule has 4 heterocycles. The maximum atomic E-state index is 13.0. The van der Waals surface area contributed by atoms with Crippen molar-refractivity contribution in [1.82, 2.24) is 34.3 Å². The summed E-state index contributed by atoms with van der Waals surface area (Å²) in [6.45, 7) is 2.01. The molecule has 0 aliphatic rings. The van der Waals surface area contributed by atoms with Crippen molar-refractivity contribution in [3.05, 3.63) is 42.7 Å². The Kier molecular flexibility index (Phi) is 4.53. The van der Waals surface area contributed by atoms with Gasteiger partial charge in [0.15, 0.2) is 11.6 Å². The molecule has 0 radical (unpaired) electrons. The van der Waals surface area contributed by atoms with Gasteiger partial charge in [-0.1, -0.05) is 6.92 Å². The second-order valence-corrected chi connectivity index (χ2v) is 7.15. The molecule has 0 N–H and O–H groups in total. The Labute approximate surface area is 161 Å². The van der Waals surface area contributed by atoms with Crippen molar-refractivity contribution >= 4 is 22.8 Å². The summed E-state index contributed by atoms with van der Waals surface area (Å²) in [5.41, 5.74) is 0.285. The number of alkyl halides is 3. The van der Waals surface area contributed by atoms with E-state index in [4.69, 9.17) is 0 Å². The van der Waals surface area contributed by atoms with E-state index in [1.807, 2.05) is 19.1 Å². The fraction of sp³-hybridized carbons (Fsp3) is 0.235. The number of imidazole rings is 1. The van der Waals surface area contributed by atoms with E-state index < -0.39 is 11.9 Å². The molecule has 4 rings (SSSR count). The summed E-state index contributed by atoms with van der Waals surface area (Å²) < 4.78 is 42.2. The molecule has 0 aromatic carbocycles. The van der Waals surface area contributed by atoms with E-state index in [1.54, 1.807) is 23.4 Å². The van der Waals surface area contributed by atoms with E-state index in [9.17, 15) is 13.2 Å². The Bertz CT molecular complexity index is 1140. The van der Waals surface area contributed by atoms with Gasteiger partial charge >= 0.3 is 6.18 Å². The zero-order valence-corrected chi connectivity index (χ0v) is 15.7. The van der Waals surface area contributed by atoms with Crippen molar-refractivity contribution in [3.63, 3.8) is 0 Å². The molecule has 0 bridgehead atoms. The second kappa shape index (κ2) is 6.89. The smallest absolute Gasteiger partial charge is 0.325 e. The lowest BCUT2D eigenvalue weighted by atomic mass is 10.3. The van der Waals surface area contributed by atoms with Gasteiger partial charge in [0, 0.05) is 11.9 Å². The molecule has 28 heavy (non-hydrogen) atoms. The fourth-order valence-corrected chi connectivity index (χ4v) is 3.53. The molecular weight excluding hydrogens is 391 g/mol. The van der Waals surface area contributed by atoms with Crippen LogP contribution < -0.4 is 0 Å². The van der Waals surface area contributed by atoms with Crippen LogP contribution in [0.2, 0.25) is 0 Å². The third-order valence-electron chi connectivity index (χ3n) is 4.07. The summed E-state index contributed by atoms with van der Waals surface area (Å²) in [6, 6.07) is 4.65. The number of aromatic nitrogens is 7. The van der Waals surface area contributed by atoms with Gasteiger partial charge in [-0.25, -0.2) is 24.6 Å². The molecule has 0 amide bonds. The van der Waals surface area contributed by atoms with Crippen LogP contribution in [0.15, 0.2) is 41.9 Å². The third kappa shape index (κ3) is 3.21. The first-order valence-corrected chi connectivity index (χ1v) is 9.26. The number of hydrogen-bond donors (Lipinski definition) is 0. The van der Waals surface area contributed by atoms with E-state index in [2.05, 4.69) is 25.0 Å². The highest BCUT2D eigenvalue weighted by molar-refractivity contribution is 7.99. The van der Waals surface area contributed by atoms with Crippen molar-refractivity contribution < 1.29 is 13.2 Å². The van der Waals surface area contributed by atoms with E-state index in [0.29, 0.717) is 22.9 Å². The first-order valence-electron chi connectivity index (χ1n) is 8.27. The average Bonchev–Trinajstić information content (AvgIpc) is 3.30. The molecule has 144 valence electrons. The fourth-order valence-electron chi connectivity index (χ4n) is 2.78. The molecule has 0 spiro atoms. The minimum atomic E-state index is -4.53. The van der Waals surface area contributed by atoms with Crippen LogP contribution in [0.25, 0.3) is 28.4 Å². The Hall–Kier alpha value is -2.95. The Balaban J connectivity index is 1.90. The minimum Gasteiger partial charge on any atom is -0.325 e. The van der Waals surface area contributed by atoms with Crippen molar-refractivity contribution in [2.24, 2.45) is 7.05 Å². The van der Waals surface area contributed by atoms with Crippen molar-refractivity contribution in [2.45, 2.75) is 18.0 Å². The summed E-state index contributed by atoms with van der Waals surface area (Å²) >= 11 is 1.57. The number of pyridine rings is 2. The maximum Gasteiger partial charge on any atom is 0.433 e. The lowest BCUT2D eigenvalue weighted by Gasteiger charge is -2.10. The number of nitrogens with zero attached hydrogens (tertiary/aromatic N) is 7. The standard InChI is InChI=1S/C17H14F3N7S/c1-3-28-12-4-5-14(27-9-21-8-23-27)25-15(12)16-24-10-6-13(17(18,19)20)22-7-11(10)26(16)2/h4-9H,3H2,1-2H3. The molecule has 0 atom stereocenters. The largest absolute Gasteiger partial charge is 0.433 e. The van der Waals surface area contributed by atoms with Gasteiger partial charge in [0.25, 0.3) is 0 Å². The van der Waals surface area contributed by atoms with Crippen LogP contribution in [0.1, 0.15) is 12.6 Å². The van der Waals surface area contributed by atoms with Crippen LogP contribution in [0.5, 0.6) is 0 Å². The molecule has 4 aromatic rings. The van der Waals surface area contributed by atoms with Gasteiger partial charge in [0.1, 0.15) is 24.0 Å². The van der Waals surface area contributed by atoms with Gasteiger partial charge in [0.2, 0.25) is 0 Å². The van der Waals surface area contributed by atoms with Crippen molar-refractivity contribution in [1.29, 1.82) is 0 Å². The summed E-state index contributed by atoms with van der Waals surface area (Å²) in [7, 11) is 1.73. The van der Waals surface area contributed by atoms with Crippen LogP contribution in [0, 0.1) is 0 Å². The normalized spacial score (nSPS) is 12.0. The van der Waals surface area contributed by atoms with Gasteiger partial charge in [-0.15, -0.1) is 11.8 Å². The van der Waals surface area contributed by atoms with E-state index in [-0.39, 0.29) is 5.52 Å². The summed E-state index contributed by atoms with van der Waals surface area (Å²) in [6.07, 6.45) is -0.425.